The van der Waals surface area contributed by atoms with Crippen molar-refractivity contribution in [2.45, 2.75) is 11.4 Å². The van der Waals surface area contributed by atoms with Gasteiger partial charge in [-0.1, -0.05) is 30.3 Å². The van der Waals surface area contributed by atoms with Crippen molar-refractivity contribution in [1.29, 1.82) is 0 Å². The van der Waals surface area contributed by atoms with Crippen molar-refractivity contribution in [2.24, 2.45) is 0 Å². The Bertz CT molecular complexity index is 528. The number of hydrogen-bond donors (Lipinski definition) is 1. The van der Waals surface area contributed by atoms with Crippen LogP contribution in [0.5, 0.6) is 0 Å². The van der Waals surface area contributed by atoms with Crippen molar-refractivity contribution in [3.8, 4) is 0 Å². The van der Waals surface area contributed by atoms with Gasteiger partial charge >= 0.3 is 0 Å². The Balaban J connectivity index is 1.74. The molecule has 4 heteroatoms. The molecule has 0 heterocycles. The molecule has 0 saturated carbocycles. The van der Waals surface area contributed by atoms with Crippen LogP contribution in [0.15, 0.2) is 59.5 Å². The van der Waals surface area contributed by atoms with Crippen LogP contribution in [0.1, 0.15) is 5.56 Å². The van der Waals surface area contributed by atoms with Crippen molar-refractivity contribution in [1.82, 2.24) is 5.32 Å². The lowest BCUT2D eigenvalue weighted by atomic mass is 10.2. The lowest BCUT2D eigenvalue weighted by Gasteiger charge is -2.05. The molecule has 0 aliphatic heterocycles. The standard InChI is InChI=1S/C15H14FNOS/c16-13-6-8-14(9-7-13)19-11-15(18)17-10-12-4-2-1-3-5-12/h1-9H,10-11H2,(H,17,18). The molecule has 0 atom stereocenters. The van der Waals surface area contributed by atoms with E-state index in [1.165, 1.54) is 23.9 Å². The van der Waals surface area contributed by atoms with Crippen LogP contribution in [0.3, 0.4) is 0 Å². The molecule has 19 heavy (non-hydrogen) atoms. The molecular formula is C15H14FNOS. The number of thioether (sulfide) groups is 1. The quantitative estimate of drug-likeness (QED) is 0.849. The molecule has 0 aliphatic rings. The maximum absolute atomic E-state index is 12.7. The third kappa shape index (κ3) is 4.75. The van der Waals surface area contributed by atoms with Crippen molar-refractivity contribution >= 4 is 17.7 Å². The van der Waals surface area contributed by atoms with Gasteiger partial charge in [-0.15, -0.1) is 11.8 Å². The lowest BCUT2D eigenvalue weighted by Crippen LogP contribution is -2.24. The molecule has 0 aromatic heterocycles. The van der Waals surface area contributed by atoms with Crippen LogP contribution in [0.4, 0.5) is 4.39 Å². The number of amides is 1. The summed E-state index contributed by atoms with van der Waals surface area (Å²) < 4.78 is 12.7. The molecule has 0 bridgehead atoms. The third-order valence-electron chi connectivity index (χ3n) is 2.52. The van der Waals surface area contributed by atoms with E-state index in [1.807, 2.05) is 30.3 Å². The number of hydrogen-bond acceptors (Lipinski definition) is 2. The molecule has 2 aromatic rings. The molecule has 1 amide bonds. The van der Waals surface area contributed by atoms with Crippen molar-refractivity contribution in [2.75, 3.05) is 5.75 Å². The molecule has 1 N–H and O–H groups in total. The second-order valence-corrected chi connectivity index (χ2v) is 5.05. The zero-order chi connectivity index (χ0) is 13.5. The number of nitrogens with one attached hydrogen (secondary N) is 1. The molecule has 0 radical (unpaired) electrons. The van der Waals surface area contributed by atoms with Crippen molar-refractivity contribution in [3.05, 3.63) is 66.0 Å². The van der Waals surface area contributed by atoms with Gasteiger partial charge in [0.1, 0.15) is 5.82 Å². The van der Waals surface area contributed by atoms with Gasteiger partial charge in [-0.2, -0.15) is 0 Å². The highest BCUT2D eigenvalue weighted by atomic mass is 32.2. The summed E-state index contributed by atoms with van der Waals surface area (Å²) in [6, 6.07) is 15.9. The fraction of sp³-hybridized carbons (Fsp3) is 0.133. The van der Waals surface area contributed by atoms with Gasteiger partial charge in [0.2, 0.25) is 5.91 Å². The number of carbonyl (C=O) groups is 1. The van der Waals surface area contributed by atoms with Gasteiger partial charge < -0.3 is 5.32 Å². The van der Waals surface area contributed by atoms with Crippen LogP contribution in [-0.2, 0) is 11.3 Å². The van der Waals surface area contributed by atoms with E-state index in [4.69, 9.17) is 0 Å². The first-order chi connectivity index (χ1) is 9.24. The first-order valence-corrected chi connectivity index (χ1v) is 6.91. The number of halogens is 1. The maximum Gasteiger partial charge on any atom is 0.230 e. The van der Waals surface area contributed by atoms with Gasteiger partial charge in [0.15, 0.2) is 0 Å². The normalized spacial score (nSPS) is 10.2. The lowest BCUT2D eigenvalue weighted by molar-refractivity contribution is -0.118. The van der Waals surface area contributed by atoms with Crippen LogP contribution in [-0.4, -0.2) is 11.7 Å². The maximum atomic E-state index is 12.7. The Labute approximate surface area is 116 Å². The molecular weight excluding hydrogens is 261 g/mol. The number of carbonyl (C=O) groups excluding carboxylic acids is 1. The summed E-state index contributed by atoms with van der Waals surface area (Å²) in [5.41, 5.74) is 1.07. The van der Waals surface area contributed by atoms with Gasteiger partial charge in [0.05, 0.1) is 5.75 Å². The van der Waals surface area contributed by atoms with Gasteiger partial charge in [-0.25, -0.2) is 4.39 Å². The molecule has 2 rings (SSSR count). The zero-order valence-electron chi connectivity index (χ0n) is 10.3. The molecule has 0 spiro atoms. The smallest absolute Gasteiger partial charge is 0.230 e. The largest absolute Gasteiger partial charge is 0.351 e. The Hall–Kier alpha value is -1.81. The monoisotopic (exact) mass is 275 g/mol. The van der Waals surface area contributed by atoms with Gasteiger partial charge in [0.25, 0.3) is 0 Å². The predicted molar refractivity (Wildman–Crippen MR) is 75.4 cm³/mol. The average molecular weight is 275 g/mol. The summed E-state index contributed by atoms with van der Waals surface area (Å²) in [6.45, 7) is 0.531. The summed E-state index contributed by atoms with van der Waals surface area (Å²) >= 11 is 1.39. The minimum Gasteiger partial charge on any atom is -0.351 e. The molecule has 0 unspecified atom stereocenters. The van der Waals surface area contributed by atoms with Gasteiger partial charge in [-0.05, 0) is 29.8 Å². The summed E-state index contributed by atoms with van der Waals surface area (Å²) in [7, 11) is 0. The fourth-order valence-corrected chi connectivity index (χ4v) is 2.26. The summed E-state index contributed by atoms with van der Waals surface area (Å²) in [4.78, 5) is 12.5. The Morgan fingerprint density at radius 3 is 2.42 bits per heavy atom. The third-order valence-corrected chi connectivity index (χ3v) is 3.53. The van der Waals surface area contributed by atoms with Crippen LogP contribution < -0.4 is 5.32 Å². The Morgan fingerprint density at radius 2 is 1.74 bits per heavy atom. The highest BCUT2D eigenvalue weighted by molar-refractivity contribution is 8.00. The molecule has 0 aliphatic carbocycles. The van der Waals surface area contributed by atoms with Gasteiger partial charge in [-0.3, -0.25) is 4.79 Å². The fourth-order valence-electron chi connectivity index (χ4n) is 1.53. The number of rotatable bonds is 5. The van der Waals surface area contributed by atoms with E-state index in [2.05, 4.69) is 5.32 Å². The van der Waals surface area contributed by atoms with E-state index in [-0.39, 0.29) is 11.7 Å². The molecule has 98 valence electrons. The minimum absolute atomic E-state index is 0.0295. The SMILES string of the molecule is O=C(CSc1ccc(F)cc1)NCc1ccccc1. The highest BCUT2D eigenvalue weighted by Crippen LogP contribution is 2.17. The van der Waals surface area contributed by atoms with E-state index in [9.17, 15) is 9.18 Å². The zero-order valence-corrected chi connectivity index (χ0v) is 11.1. The van der Waals surface area contributed by atoms with E-state index in [0.29, 0.717) is 12.3 Å². The van der Waals surface area contributed by atoms with Crippen molar-refractivity contribution in [3.63, 3.8) is 0 Å². The first kappa shape index (κ1) is 13.6. The van der Waals surface area contributed by atoms with Crippen molar-refractivity contribution < 1.29 is 9.18 Å². The summed E-state index contributed by atoms with van der Waals surface area (Å²) in [6.07, 6.45) is 0. The summed E-state index contributed by atoms with van der Waals surface area (Å²) in [5.74, 6) is 0.0365. The van der Waals surface area contributed by atoms with E-state index < -0.39 is 0 Å². The minimum atomic E-state index is -0.266. The van der Waals surface area contributed by atoms with E-state index in [0.717, 1.165) is 10.5 Å². The van der Waals surface area contributed by atoms with Crippen LogP contribution in [0, 0.1) is 5.82 Å². The highest BCUT2D eigenvalue weighted by Gasteiger charge is 2.03. The topological polar surface area (TPSA) is 29.1 Å². The second kappa shape index (κ2) is 6.95. The molecule has 0 fully saturated rings. The summed E-state index contributed by atoms with van der Waals surface area (Å²) in [5, 5.41) is 2.85. The van der Waals surface area contributed by atoms with Gasteiger partial charge in [0, 0.05) is 11.4 Å². The molecule has 2 aromatic carbocycles. The predicted octanol–water partition coefficient (Wildman–Crippen LogP) is 3.23. The Morgan fingerprint density at radius 1 is 1.05 bits per heavy atom. The molecule has 0 saturated heterocycles. The second-order valence-electron chi connectivity index (χ2n) is 4.00. The molecule has 2 nitrogen and oxygen atoms in total. The van der Waals surface area contributed by atoms with Crippen LogP contribution in [0.25, 0.3) is 0 Å². The van der Waals surface area contributed by atoms with E-state index >= 15 is 0 Å². The average Bonchev–Trinajstić information content (AvgIpc) is 2.45. The van der Waals surface area contributed by atoms with Crippen LogP contribution in [0.2, 0.25) is 0 Å². The van der Waals surface area contributed by atoms with E-state index in [1.54, 1.807) is 12.1 Å². The Kier molecular flexibility index (Phi) is 4.98. The van der Waals surface area contributed by atoms with Crippen LogP contribution >= 0.6 is 11.8 Å². The number of benzene rings is 2. The first-order valence-electron chi connectivity index (χ1n) is 5.93.